The van der Waals surface area contributed by atoms with Gasteiger partial charge in [-0.25, -0.2) is 8.42 Å². The van der Waals surface area contributed by atoms with Crippen molar-refractivity contribution in [3.05, 3.63) is 0 Å². The molecular formula is C11H19NO4S. The third-order valence-corrected chi connectivity index (χ3v) is 5.00. The Kier molecular flexibility index (Phi) is 3.45. The molecule has 17 heavy (non-hydrogen) atoms. The first kappa shape index (κ1) is 12.8. The van der Waals surface area contributed by atoms with Gasteiger partial charge in [-0.05, 0) is 31.1 Å². The molecule has 0 aromatic carbocycles. The second-order valence-corrected chi connectivity index (χ2v) is 7.57. The second-order valence-electron chi connectivity index (χ2n) is 5.31. The van der Waals surface area contributed by atoms with E-state index in [4.69, 9.17) is 0 Å². The van der Waals surface area contributed by atoms with E-state index in [1.165, 1.54) is 6.26 Å². The maximum atomic E-state index is 11.2. The van der Waals surface area contributed by atoms with E-state index in [1.807, 2.05) is 0 Å². The van der Waals surface area contributed by atoms with Crippen LogP contribution in [0.3, 0.4) is 0 Å². The Bertz CT molecular complexity index is 406. The third-order valence-electron chi connectivity index (χ3n) is 4.05. The molecule has 0 heterocycles. The van der Waals surface area contributed by atoms with Crippen LogP contribution in [-0.4, -0.2) is 44.1 Å². The number of hydrogen-bond acceptors (Lipinski definition) is 4. The van der Waals surface area contributed by atoms with Crippen molar-refractivity contribution >= 4 is 15.8 Å². The maximum Gasteiger partial charge on any atom is 0.308 e. The van der Waals surface area contributed by atoms with E-state index in [1.54, 1.807) is 0 Å². The summed E-state index contributed by atoms with van der Waals surface area (Å²) < 4.78 is 22.0. The predicted molar refractivity (Wildman–Crippen MR) is 63.5 cm³/mol. The topological polar surface area (TPSA) is 83.5 Å². The van der Waals surface area contributed by atoms with Gasteiger partial charge < -0.3 is 10.4 Å². The van der Waals surface area contributed by atoms with Crippen LogP contribution in [-0.2, 0) is 14.6 Å². The molecule has 6 heteroatoms. The number of aliphatic carboxylic acids is 1. The van der Waals surface area contributed by atoms with E-state index in [0.29, 0.717) is 12.5 Å². The molecule has 4 atom stereocenters. The van der Waals surface area contributed by atoms with Crippen molar-refractivity contribution in [2.45, 2.75) is 25.3 Å². The van der Waals surface area contributed by atoms with Gasteiger partial charge in [0.1, 0.15) is 9.84 Å². The zero-order valence-corrected chi connectivity index (χ0v) is 10.7. The van der Waals surface area contributed by atoms with Crippen LogP contribution < -0.4 is 5.32 Å². The lowest BCUT2D eigenvalue weighted by atomic mass is 9.84. The number of carboxylic acids is 1. The van der Waals surface area contributed by atoms with Gasteiger partial charge in [-0.2, -0.15) is 0 Å². The van der Waals surface area contributed by atoms with Crippen LogP contribution in [0.2, 0.25) is 0 Å². The summed E-state index contributed by atoms with van der Waals surface area (Å²) in [7, 11) is -2.98. The minimum Gasteiger partial charge on any atom is -0.481 e. The first-order chi connectivity index (χ1) is 7.88. The quantitative estimate of drug-likeness (QED) is 0.734. The minimum atomic E-state index is -2.98. The van der Waals surface area contributed by atoms with E-state index in [0.717, 1.165) is 19.3 Å². The summed E-state index contributed by atoms with van der Waals surface area (Å²) in [6.45, 7) is 0.358. The van der Waals surface area contributed by atoms with Gasteiger partial charge in [-0.15, -0.1) is 0 Å². The first-order valence-corrected chi connectivity index (χ1v) is 8.08. The van der Waals surface area contributed by atoms with E-state index in [2.05, 4.69) is 5.32 Å². The predicted octanol–water partition coefficient (Wildman–Crippen LogP) is 0.120. The van der Waals surface area contributed by atoms with Gasteiger partial charge in [-0.3, -0.25) is 4.79 Å². The van der Waals surface area contributed by atoms with Gasteiger partial charge in [0.2, 0.25) is 0 Å². The van der Waals surface area contributed by atoms with Crippen molar-refractivity contribution in [1.29, 1.82) is 0 Å². The smallest absolute Gasteiger partial charge is 0.308 e. The molecule has 0 aromatic rings. The summed E-state index contributed by atoms with van der Waals surface area (Å²) in [5.41, 5.74) is 0. The standard InChI is InChI=1S/C11H19NO4S/c1-17(15,16)5-4-12-10-8-3-2-7(6-8)9(10)11(13)14/h7-10,12H,2-6H2,1H3,(H,13,14). The van der Waals surface area contributed by atoms with Crippen molar-refractivity contribution < 1.29 is 18.3 Å². The van der Waals surface area contributed by atoms with Crippen LogP contribution in [0.15, 0.2) is 0 Å². The monoisotopic (exact) mass is 261 g/mol. The van der Waals surface area contributed by atoms with Crippen molar-refractivity contribution in [1.82, 2.24) is 5.32 Å². The third kappa shape index (κ3) is 2.80. The highest BCUT2D eigenvalue weighted by atomic mass is 32.2. The molecule has 0 amide bonds. The van der Waals surface area contributed by atoms with Crippen LogP contribution in [0.25, 0.3) is 0 Å². The molecule has 0 spiro atoms. The molecule has 2 bridgehead atoms. The Morgan fingerprint density at radius 1 is 1.35 bits per heavy atom. The number of rotatable bonds is 5. The van der Waals surface area contributed by atoms with E-state index >= 15 is 0 Å². The molecule has 2 aliphatic rings. The normalized spacial score (nSPS) is 36.3. The molecule has 0 radical (unpaired) electrons. The van der Waals surface area contributed by atoms with Crippen LogP contribution in [0, 0.1) is 17.8 Å². The van der Waals surface area contributed by atoms with Gasteiger partial charge in [0.15, 0.2) is 0 Å². The summed E-state index contributed by atoms with van der Waals surface area (Å²) in [6.07, 6.45) is 4.26. The van der Waals surface area contributed by atoms with Gasteiger partial charge in [0.25, 0.3) is 0 Å². The fourth-order valence-corrected chi connectivity index (χ4v) is 3.84. The summed E-state index contributed by atoms with van der Waals surface area (Å²) >= 11 is 0. The molecule has 98 valence electrons. The fourth-order valence-electron chi connectivity index (χ4n) is 3.35. The number of carbonyl (C=O) groups is 1. The van der Waals surface area contributed by atoms with Gasteiger partial charge in [0.05, 0.1) is 11.7 Å². The van der Waals surface area contributed by atoms with Gasteiger partial charge >= 0.3 is 5.97 Å². The van der Waals surface area contributed by atoms with Crippen molar-refractivity contribution in [2.24, 2.45) is 17.8 Å². The average molecular weight is 261 g/mol. The highest BCUT2D eigenvalue weighted by molar-refractivity contribution is 7.90. The lowest BCUT2D eigenvalue weighted by Gasteiger charge is -2.28. The van der Waals surface area contributed by atoms with Crippen LogP contribution in [0.4, 0.5) is 0 Å². The SMILES string of the molecule is CS(=O)(=O)CCNC1C2CCC(C2)C1C(=O)O. The van der Waals surface area contributed by atoms with Crippen LogP contribution >= 0.6 is 0 Å². The minimum absolute atomic E-state index is 0.0343. The Morgan fingerprint density at radius 3 is 2.59 bits per heavy atom. The number of carboxylic acid groups (broad SMARTS) is 1. The largest absolute Gasteiger partial charge is 0.481 e. The summed E-state index contributed by atoms with van der Waals surface area (Å²) in [5.74, 6) is -0.288. The molecule has 2 fully saturated rings. The lowest BCUT2D eigenvalue weighted by molar-refractivity contribution is -0.144. The Hall–Kier alpha value is -0.620. The maximum absolute atomic E-state index is 11.2. The van der Waals surface area contributed by atoms with Crippen molar-refractivity contribution in [2.75, 3.05) is 18.6 Å². The molecule has 0 saturated heterocycles. The number of nitrogens with one attached hydrogen (secondary N) is 1. The molecule has 0 aliphatic heterocycles. The van der Waals surface area contributed by atoms with Gasteiger partial charge in [-0.1, -0.05) is 0 Å². The Morgan fingerprint density at radius 2 is 2.00 bits per heavy atom. The first-order valence-electron chi connectivity index (χ1n) is 6.02. The van der Waals surface area contributed by atoms with Crippen molar-refractivity contribution in [3.8, 4) is 0 Å². The molecule has 2 N–H and O–H groups in total. The molecule has 0 aromatic heterocycles. The second kappa shape index (κ2) is 4.57. The zero-order valence-electron chi connectivity index (χ0n) is 9.93. The van der Waals surface area contributed by atoms with E-state index in [9.17, 15) is 18.3 Å². The number of hydrogen-bond donors (Lipinski definition) is 2. The van der Waals surface area contributed by atoms with Gasteiger partial charge in [0, 0.05) is 18.8 Å². The Labute approximate surface area is 102 Å². The summed E-state index contributed by atoms with van der Waals surface area (Å²) in [5, 5.41) is 12.3. The lowest BCUT2D eigenvalue weighted by Crippen LogP contribution is -2.45. The highest BCUT2D eigenvalue weighted by Gasteiger charge is 2.50. The fraction of sp³-hybridized carbons (Fsp3) is 0.909. The Balaban J connectivity index is 1.93. The molecule has 2 rings (SSSR count). The molecular weight excluding hydrogens is 242 g/mol. The van der Waals surface area contributed by atoms with Crippen LogP contribution in [0.5, 0.6) is 0 Å². The zero-order chi connectivity index (χ0) is 12.6. The summed E-state index contributed by atoms with van der Waals surface area (Å²) in [4.78, 5) is 11.2. The molecule has 2 aliphatic carbocycles. The number of sulfone groups is 1. The van der Waals surface area contributed by atoms with Crippen LogP contribution in [0.1, 0.15) is 19.3 Å². The van der Waals surface area contributed by atoms with E-state index < -0.39 is 15.8 Å². The molecule has 4 unspecified atom stereocenters. The highest BCUT2D eigenvalue weighted by Crippen LogP contribution is 2.48. The molecule has 5 nitrogen and oxygen atoms in total. The van der Waals surface area contributed by atoms with Crippen molar-refractivity contribution in [3.63, 3.8) is 0 Å². The number of fused-ring (bicyclic) bond motifs is 2. The molecule has 2 saturated carbocycles. The average Bonchev–Trinajstić information content (AvgIpc) is 2.74. The van der Waals surface area contributed by atoms with E-state index in [-0.39, 0.29) is 23.6 Å². The summed E-state index contributed by atoms with van der Waals surface area (Å²) in [6, 6.07) is -0.0343.